The zero-order valence-corrected chi connectivity index (χ0v) is 14.4. The van der Waals surface area contributed by atoms with E-state index in [0.29, 0.717) is 22.4 Å². The molecule has 0 unspecified atom stereocenters. The van der Waals surface area contributed by atoms with Crippen LogP contribution in [0.1, 0.15) is 28.9 Å². The number of hydrogen-bond donors (Lipinski definition) is 2. The first kappa shape index (κ1) is 17.6. The van der Waals surface area contributed by atoms with Crippen molar-refractivity contribution in [2.24, 2.45) is 0 Å². The van der Waals surface area contributed by atoms with E-state index in [-0.39, 0.29) is 16.5 Å². The summed E-state index contributed by atoms with van der Waals surface area (Å²) < 4.78 is 0. The lowest BCUT2D eigenvalue weighted by Gasteiger charge is -2.28. The van der Waals surface area contributed by atoms with Crippen LogP contribution in [0.4, 0.5) is 10.5 Å². The molecule has 0 aromatic heterocycles. The molecule has 1 aliphatic heterocycles. The summed E-state index contributed by atoms with van der Waals surface area (Å²) in [5, 5.41) is 16.4. The van der Waals surface area contributed by atoms with Crippen LogP contribution < -0.4 is 10.6 Å². The number of halogens is 1. The van der Waals surface area contributed by atoms with Crippen LogP contribution in [0.25, 0.3) is 0 Å². The number of carbonyl (C=O) groups excluding carboxylic acids is 2. The van der Waals surface area contributed by atoms with Crippen molar-refractivity contribution in [3.05, 3.63) is 86.1 Å². The Morgan fingerprint density at radius 3 is 2.54 bits per heavy atom. The van der Waals surface area contributed by atoms with Gasteiger partial charge in [0, 0.05) is 22.9 Å². The van der Waals surface area contributed by atoms with Crippen molar-refractivity contribution >= 4 is 29.1 Å². The molecule has 1 heterocycles. The highest BCUT2D eigenvalue weighted by Gasteiger charge is 2.32. The van der Waals surface area contributed by atoms with E-state index >= 15 is 0 Å². The zero-order valence-electron chi connectivity index (χ0n) is 13.7. The lowest BCUT2D eigenvalue weighted by molar-refractivity contribution is -0.384. The third-order valence-corrected chi connectivity index (χ3v) is 4.37. The van der Waals surface area contributed by atoms with Crippen LogP contribution in [-0.4, -0.2) is 16.7 Å². The quantitative estimate of drug-likeness (QED) is 0.485. The van der Waals surface area contributed by atoms with E-state index in [1.54, 1.807) is 43.3 Å². The highest BCUT2D eigenvalue weighted by molar-refractivity contribution is 6.32. The average Bonchev–Trinajstić information content (AvgIpc) is 2.61. The molecule has 132 valence electrons. The van der Waals surface area contributed by atoms with E-state index in [2.05, 4.69) is 10.6 Å². The summed E-state index contributed by atoms with van der Waals surface area (Å²) in [5.41, 5.74) is 1.27. The van der Waals surface area contributed by atoms with Crippen LogP contribution in [0.3, 0.4) is 0 Å². The number of nitrogens with zero attached hydrogens (tertiary/aromatic N) is 1. The summed E-state index contributed by atoms with van der Waals surface area (Å²) in [5.74, 6) is -0.279. The monoisotopic (exact) mass is 371 g/mol. The Morgan fingerprint density at radius 2 is 1.88 bits per heavy atom. The van der Waals surface area contributed by atoms with Gasteiger partial charge in [0.25, 0.3) is 5.69 Å². The molecule has 3 rings (SSSR count). The lowest BCUT2D eigenvalue weighted by Crippen LogP contribution is -2.45. The number of ketones is 1. The molecular formula is C18H14ClN3O4. The number of nitro benzene ring substituents is 1. The van der Waals surface area contributed by atoms with Gasteiger partial charge in [-0.1, -0.05) is 48.0 Å². The number of nitro groups is 1. The minimum Gasteiger partial charge on any atom is -0.327 e. The smallest absolute Gasteiger partial charge is 0.319 e. The second-order valence-electron chi connectivity index (χ2n) is 5.73. The Bertz CT molecular complexity index is 941. The number of rotatable bonds is 4. The Morgan fingerprint density at radius 1 is 1.19 bits per heavy atom. The maximum absolute atomic E-state index is 13.0. The van der Waals surface area contributed by atoms with Crippen molar-refractivity contribution in [3.8, 4) is 0 Å². The molecular weight excluding hydrogens is 358 g/mol. The number of urea groups is 1. The number of amides is 2. The fourth-order valence-electron chi connectivity index (χ4n) is 2.84. The summed E-state index contributed by atoms with van der Waals surface area (Å²) in [4.78, 5) is 35.5. The normalized spacial score (nSPS) is 16.7. The number of nitrogens with one attached hydrogen (secondary N) is 2. The Labute approximate surface area is 153 Å². The van der Waals surface area contributed by atoms with Crippen molar-refractivity contribution in [2.75, 3.05) is 0 Å². The molecule has 7 nitrogen and oxygen atoms in total. The molecule has 0 radical (unpaired) electrons. The number of Topliss-reactive ketones (excluding diaryl/α,β-unsaturated/α-hetero) is 1. The van der Waals surface area contributed by atoms with Gasteiger partial charge in [-0.2, -0.15) is 0 Å². The molecule has 2 aromatic rings. The summed E-state index contributed by atoms with van der Waals surface area (Å²) in [7, 11) is 0. The highest BCUT2D eigenvalue weighted by atomic mass is 35.5. The van der Waals surface area contributed by atoms with E-state index < -0.39 is 17.0 Å². The van der Waals surface area contributed by atoms with Gasteiger partial charge >= 0.3 is 6.03 Å². The molecule has 1 aliphatic rings. The minimum absolute atomic E-state index is 0.0179. The standard InChI is InChI=1S/C18H14ClN3O4/c1-10-15(17(23)11-5-3-2-4-6-11)16(21-18(24)20-10)12-7-8-13(19)14(9-12)22(25)26/h2-9,16H,1H3,(H2,20,21,24)/t16-/m0/s1. The second-order valence-corrected chi connectivity index (χ2v) is 6.14. The number of hydrogen-bond acceptors (Lipinski definition) is 4. The maximum atomic E-state index is 13.0. The SMILES string of the molecule is CC1=C(C(=O)c2ccccc2)[C@H](c2ccc(Cl)c([N+](=O)[O-])c2)NC(=O)N1. The van der Waals surface area contributed by atoms with Gasteiger partial charge in [-0.3, -0.25) is 14.9 Å². The van der Waals surface area contributed by atoms with Crippen LogP contribution in [0.15, 0.2) is 59.8 Å². The van der Waals surface area contributed by atoms with Crippen LogP contribution in [0.5, 0.6) is 0 Å². The van der Waals surface area contributed by atoms with Gasteiger partial charge in [0.15, 0.2) is 5.78 Å². The van der Waals surface area contributed by atoms with Crippen LogP contribution >= 0.6 is 11.6 Å². The molecule has 2 aromatic carbocycles. The Hall–Kier alpha value is -3.19. The first-order valence-electron chi connectivity index (χ1n) is 7.70. The third kappa shape index (κ3) is 3.29. The van der Waals surface area contributed by atoms with Crippen molar-refractivity contribution in [3.63, 3.8) is 0 Å². The van der Waals surface area contributed by atoms with E-state index in [1.165, 1.54) is 12.1 Å². The van der Waals surface area contributed by atoms with Crippen molar-refractivity contribution in [1.82, 2.24) is 10.6 Å². The number of carbonyl (C=O) groups is 2. The van der Waals surface area contributed by atoms with Gasteiger partial charge in [-0.15, -0.1) is 0 Å². The van der Waals surface area contributed by atoms with E-state index in [4.69, 9.17) is 11.6 Å². The maximum Gasteiger partial charge on any atom is 0.319 e. The summed E-state index contributed by atoms with van der Waals surface area (Å²) in [6, 6.07) is 11.5. The molecule has 2 N–H and O–H groups in total. The lowest BCUT2D eigenvalue weighted by atomic mass is 9.89. The minimum atomic E-state index is -0.826. The first-order valence-corrected chi connectivity index (χ1v) is 8.08. The van der Waals surface area contributed by atoms with Gasteiger partial charge in [-0.25, -0.2) is 4.79 Å². The van der Waals surface area contributed by atoms with E-state index in [9.17, 15) is 19.7 Å². The predicted molar refractivity (Wildman–Crippen MR) is 96.0 cm³/mol. The Kier molecular flexibility index (Phi) is 4.73. The summed E-state index contributed by atoms with van der Waals surface area (Å²) in [6.07, 6.45) is 0. The van der Waals surface area contributed by atoms with E-state index in [1.807, 2.05) is 0 Å². The van der Waals surface area contributed by atoms with Crippen LogP contribution in [-0.2, 0) is 0 Å². The molecule has 26 heavy (non-hydrogen) atoms. The molecule has 0 saturated carbocycles. The van der Waals surface area contributed by atoms with Gasteiger partial charge in [-0.05, 0) is 18.6 Å². The van der Waals surface area contributed by atoms with Gasteiger partial charge in [0.2, 0.25) is 0 Å². The zero-order chi connectivity index (χ0) is 18.8. The predicted octanol–water partition coefficient (Wildman–Crippen LogP) is 3.76. The molecule has 0 spiro atoms. The number of benzene rings is 2. The molecule has 2 amide bonds. The van der Waals surface area contributed by atoms with Crippen molar-refractivity contribution in [1.29, 1.82) is 0 Å². The summed E-state index contributed by atoms with van der Waals surface area (Å²) >= 11 is 5.86. The van der Waals surface area contributed by atoms with Crippen LogP contribution in [0.2, 0.25) is 5.02 Å². The molecule has 8 heteroatoms. The fourth-order valence-corrected chi connectivity index (χ4v) is 3.03. The summed E-state index contributed by atoms with van der Waals surface area (Å²) in [6.45, 7) is 1.62. The van der Waals surface area contributed by atoms with Crippen molar-refractivity contribution in [2.45, 2.75) is 13.0 Å². The molecule has 0 aliphatic carbocycles. The third-order valence-electron chi connectivity index (χ3n) is 4.05. The average molecular weight is 372 g/mol. The molecule has 0 saturated heterocycles. The van der Waals surface area contributed by atoms with Gasteiger partial charge in [0.05, 0.1) is 11.0 Å². The molecule has 1 atom stereocenters. The fraction of sp³-hybridized carbons (Fsp3) is 0.111. The topological polar surface area (TPSA) is 101 Å². The van der Waals surface area contributed by atoms with E-state index in [0.717, 1.165) is 0 Å². The van der Waals surface area contributed by atoms with Gasteiger partial charge < -0.3 is 10.6 Å². The first-order chi connectivity index (χ1) is 12.4. The number of allylic oxidation sites excluding steroid dienone is 1. The molecule has 0 bridgehead atoms. The second kappa shape index (κ2) is 6.97. The van der Waals surface area contributed by atoms with Crippen LogP contribution in [0, 0.1) is 10.1 Å². The largest absolute Gasteiger partial charge is 0.327 e. The van der Waals surface area contributed by atoms with Crippen molar-refractivity contribution < 1.29 is 14.5 Å². The van der Waals surface area contributed by atoms with Gasteiger partial charge in [0.1, 0.15) is 5.02 Å². The Balaban J connectivity index is 2.11. The highest BCUT2D eigenvalue weighted by Crippen LogP contribution is 2.33. The molecule has 0 fully saturated rings.